The maximum absolute atomic E-state index is 13.9. The minimum absolute atomic E-state index is 0.0400. The molecule has 6 heteroatoms. The molecule has 0 radical (unpaired) electrons. The van der Waals surface area contributed by atoms with Gasteiger partial charge in [-0.2, -0.15) is 13.2 Å². The van der Waals surface area contributed by atoms with E-state index in [0.29, 0.717) is 5.39 Å². The second kappa shape index (κ2) is 6.02. The van der Waals surface area contributed by atoms with E-state index in [1.54, 1.807) is 24.3 Å². The standard InChI is InChI=1S/C19H21F3N2O/c1-18(2,3)15-9-8-14(12-6-4-5-7-13(12)15)17(19(20,21)22)24-11-10-16(25)23-24/h4-9,17H,10-11H2,1-3H3,(H,23,25)/t17-/m0/s1. The van der Waals surface area contributed by atoms with Gasteiger partial charge in [0, 0.05) is 13.0 Å². The molecule has 1 N–H and O–H groups in total. The number of nitrogens with zero attached hydrogens (tertiary/aromatic N) is 1. The summed E-state index contributed by atoms with van der Waals surface area (Å²) in [6.07, 6.45) is -4.42. The van der Waals surface area contributed by atoms with Crippen molar-refractivity contribution in [1.29, 1.82) is 0 Å². The zero-order valence-electron chi connectivity index (χ0n) is 14.4. The van der Waals surface area contributed by atoms with Gasteiger partial charge in [-0.05, 0) is 27.3 Å². The van der Waals surface area contributed by atoms with E-state index in [2.05, 4.69) is 5.43 Å². The molecule has 0 saturated carbocycles. The lowest BCUT2D eigenvalue weighted by molar-refractivity contribution is -0.190. The predicted molar refractivity (Wildman–Crippen MR) is 90.9 cm³/mol. The number of hydrazine groups is 1. The number of carbonyl (C=O) groups excluding carboxylic acids is 1. The molecule has 3 nitrogen and oxygen atoms in total. The summed E-state index contributed by atoms with van der Waals surface area (Å²) in [5.41, 5.74) is 3.32. The first-order chi connectivity index (χ1) is 11.6. The van der Waals surface area contributed by atoms with Crippen LogP contribution < -0.4 is 5.43 Å². The van der Waals surface area contributed by atoms with Gasteiger partial charge in [-0.15, -0.1) is 0 Å². The predicted octanol–water partition coefficient (Wildman–Crippen LogP) is 4.48. The highest BCUT2D eigenvalue weighted by Gasteiger charge is 2.47. The molecule has 2 aromatic carbocycles. The van der Waals surface area contributed by atoms with Crippen molar-refractivity contribution in [3.8, 4) is 0 Å². The molecule has 0 aliphatic carbocycles. The van der Waals surface area contributed by atoms with Crippen LogP contribution in [-0.2, 0) is 10.2 Å². The molecule has 0 unspecified atom stereocenters. The van der Waals surface area contributed by atoms with Gasteiger partial charge in [-0.1, -0.05) is 57.2 Å². The van der Waals surface area contributed by atoms with Crippen molar-refractivity contribution < 1.29 is 18.0 Å². The first-order valence-electron chi connectivity index (χ1n) is 8.24. The van der Waals surface area contributed by atoms with Crippen LogP contribution >= 0.6 is 0 Å². The Hall–Kier alpha value is -2.08. The lowest BCUT2D eigenvalue weighted by Gasteiger charge is -2.31. The number of alkyl halides is 3. The first kappa shape index (κ1) is 17.7. The Labute approximate surface area is 144 Å². The third-order valence-corrected chi connectivity index (χ3v) is 4.53. The number of rotatable bonds is 2. The summed E-state index contributed by atoms with van der Waals surface area (Å²) in [5.74, 6) is -0.384. The fourth-order valence-corrected chi connectivity index (χ4v) is 3.42. The zero-order valence-corrected chi connectivity index (χ0v) is 14.4. The Balaban J connectivity index is 2.21. The van der Waals surface area contributed by atoms with Gasteiger partial charge in [0.25, 0.3) is 0 Å². The quantitative estimate of drug-likeness (QED) is 0.866. The van der Waals surface area contributed by atoms with E-state index in [-0.39, 0.29) is 29.9 Å². The second-order valence-electron chi connectivity index (χ2n) is 7.42. The van der Waals surface area contributed by atoms with E-state index in [1.165, 1.54) is 0 Å². The SMILES string of the molecule is CC(C)(C)c1ccc([C@H](N2CCC(=O)N2)C(F)(F)F)c2ccccc12. The van der Waals surface area contributed by atoms with Crippen LogP contribution in [0, 0.1) is 0 Å². The van der Waals surface area contributed by atoms with Crippen LogP contribution in [-0.4, -0.2) is 23.6 Å². The fourth-order valence-electron chi connectivity index (χ4n) is 3.42. The number of halogens is 3. The van der Waals surface area contributed by atoms with Gasteiger partial charge in [0.15, 0.2) is 6.04 Å². The maximum atomic E-state index is 13.9. The molecule has 0 aromatic heterocycles. The van der Waals surface area contributed by atoms with Crippen LogP contribution in [0.25, 0.3) is 10.8 Å². The van der Waals surface area contributed by atoms with Crippen LogP contribution in [0.2, 0.25) is 0 Å². The van der Waals surface area contributed by atoms with Crippen LogP contribution in [0.3, 0.4) is 0 Å². The Kier molecular flexibility index (Phi) is 4.27. The van der Waals surface area contributed by atoms with Crippen LogP contribution in [0.1, 0.15) is 44.4 Å². The Bertz CT molecular complexity index is 808. The van der Waals surface area contributed by atoms with Gasteiger partial charge >= 0.3 is 6.18 Å². The van der Waals surface area contributed by atoms with E-state index < -0.39 is 12.2 Å². The van der Waals surface area contributed by atoms with Gasteiger partial charge in [-0.25, -0.2) is 5.01 Å². The average Bonchev–Trinajstić information content (AvgIpc) is 2.91. The highest BCUT2D eigenvalue weighted by molar-refractivity contribution is 5.90. The van der Waals surface area contributed by atoms with Crippen LogP contribution in [0.4, 0.5) is 13.2 Å². The minimum atomic E-state index is -4.50. The van der Waals surface area contributed by atoms with Crippen molar-refractivity contribution in [3.63, 3.8) is 0 Å². The molecule has 1 atom stereocenters. The maximum Gasteiger partial charge on any atom is 0.409 e. The molecule has 1 saturated heterocycles. The molecule has 0 bridgehead atoms. The monoisotopic (exact) mass is 350 g/mol. The van der Waals surface area contributed by atoms with Crippen molar-refractivity contribution in [1.82, 2.24) is 10.4 Å². The Morgan fingerprint density at radius 1 is 1.04 bits per heavy atom. The molecule has 0 spiro atoms. The zero-order chi connectivity index (χ0) is 18.4. The Morgan fingerprint density at radius 3 is 2.20 bits per heavy atom. The molecule has 1 amide bonds. The molecule has 25 heavy (non-hydrogen) atoms. The van der Waals surface area contributed by atoms with Gasteiger partial charge < -0.3 is 0 Å². The summed E-state index contributed by atoms with van der Waals surface area (Å²) in [4.78, 5) is 11.4. The van der Waals surface area contributed by atoms with Gasteiger partial charge in [0.2, 0.25) is 5.91 Å². The number of hydrogen-bond donors (Lipinski definition) is 1. The molecule has 1 aliphatic heterocycles. The van der Waals surface area contributed by atoms with Gasteiger partial charge in [0.05, 0.1) is 0 Å². The molecule has 1 aliphatic rings. The van der Waals surface area contributed by atoms with Gasteiger partial charge in [-0.3, -0.25) is 10.2 Å². The summed E-state index contributed by atoms with van der Waals surface area (Å²) in [6.45, 7) is 6.15. The molecular weight excluding hydrogens is 329 g/mol. The van der Waals surface area contributed by atoms with Crippen molar-refractivity contribution in [2.75, 3.05) is 6.54 Å². The largest absolute Gasteiger partial charge is 0.409 e. The number of carbonyl (C=O) groups is 1. The minimum Gasteiger partial charge on any atom is -0.288 e. The molecule has 2 aromatic rings. The third-order valence-electron chi connectivity index (χ3n) is 4.53. The number of amides is 1. The summed E-state index contributed by atoms with van der Waals surface area (Å²) >= 11 is 0. The summed E-state index contributed by atoms with van der Waals surface area (Å²) in [7, 11) is 0. The highest BCUT2D eigenvalue weighted by atomic mass is 19.4. The lowest BCUT2D eigenvalue weighted by atomic mass is 9.82. The van der Waals surface area contributed by atoms with E-state index >= 15 is 0 Å². The van der Waals surface area contributed by atoms with E-state index in [9.17, 15) is 18.0 Å². The number of benzene rings is 2. The van der Waals surface area contributed by atoms with Crippen molar-refractivity contribution in [2.45, 2.75) is 44.8 Å². The topological polar surface area (TPSA) is 32.3 Å². The van der Waals surface area contributed by atoms with Crippen molar-refractivity contribution in [3.05, 3.63) is 47.5 Å². The summed E-state index contributed by atoms with van der Waals surface area (Å²) < 4.78 is 41.6. The highest BCUT2D eigenvalue weighted by Crippen LogP contribution is 2.42. The molecule has 3 rings (SSSR count). The van der Waals surface area contributed by atoms with Crippen molar-refractivity contribution in [2.24, 2.45) is 0 Å². The normalized spacial score (nSPS) is 17.8. The molecule has 1 fully saturated rings. The number of nitrogens with one attached hydrogen (secondary N) is 1. The lowest BCUT2D eigenvalue weighted by Crippen LogP contribution is -2.43. The molecule has 134 valence electrons. The number of fused-ring (bicyclic) bond motifs is 1. The Morgan fingerprint density at radius 2 is 1.68 bits per heavy atom. The van der Waals surface area contributed by atoms with E-state index in [1.807, 2.05) is 32.9 Å². The smallest absolute Gasteiger partial charge is 0.288 e. The summed E-state index contributed by atoms with van der Waals surface area (Å²) in [6, 6.07) is 8.61. The second-order valence-corrected chi connectivity index (χ2v) is 7.42. The van der Waals surface area contributed by atoms with E-state index in [0.717, 1.165) is 16.0 Å². The van der Waals surface area contributed by atoms with Crippen molar-refractivity contribution >= 4 is 16.7 Å². The molecule has 1 heterocycles. The van der Waals surface area contributed by atoms with Crippen LogP contribution in [0.15, 0.2) is 36.4 Å². The first-order valence-corrected chi connectivity index (χ1v) is 8.24. The third kappa shape index (κ3) is 3.35. The fraction of sp³-hybridized carbons (Fsp3) is 0.421. The molecular formula is C19H21F3N2O. The summed E-state index contributed by atoms with van der Waals surface area (Å²) in [5, 5.41) is 2.38. The van der Waals surface area contributed by atoms with Gasteiger partial charge in [0.1, 0.15) is 0 Å². The van der Waals surface area contributed by atoms with Crippen LogP contribution in [0.5, 0.6) is 0 Å². The number of hydrogen-bond acceptors (Lipinski definition) is 2. The van der Waals surface area contributed by atoms with E-state index in [4.69, 9.17) is 0 Å². The average molecular weight is 350 g/mol.